The van der Waals surface area contributed by atoms with Gasteiger partial charge in [0.05, 0.1) is 0 Å². The molecule has 0 aromatic carbocycles. The molecule has 2 N–H and O–H groups in total. The molecule has 21 heavy (non-hydrogen) atoms. The minimum atomic E-state index is 0.486. The van der Waals surface area contributed by atoms with E-state index in [0.717, 1.165) is 31.4 Å². The van der Waals surface area contributed by atoms with Gasteiger partial charge in [0, 0.05) is 19.6 Å². The van der Waals surface area contributed by atoms with Gasteiger partial charge in [0.1, 0.15) is 12.9 Å². The Morgan fingerprint density at radius 2 is 2.14 bits per heavy atom. The SMILES string of the molecule is CCNC(=NCc1nncn1CC)NCC1(CC)CCC1. The van der Waals surface area contributed by atoms with Crippen molar-refractivity contribution in [2.45, 2.75) is 59.5 Å². The van der Waals surface area contributed by atoms with Gasteiger partial charge in [-0.25, -0.2) is 4.99 Å². The first kappa shape index (κ1) is 15.8. The Morgan fingerprint density at radius 1 is 1.33 bits per heavy atom. The number of hydrogen-bond donors (Lipinski definition) is 2. The number of aryl methyl sites for hydroxylation is 1. The van der Waals surface area contributed by atoms with Crippen LogP contribution in [0.4, 0.5) is 0 Å². The molecule has 6 heteroatoms. The van der Waals surface area contributed by atoms with Crippen molar-refractivity contribution >= 4 is 5.96 Å². The number of nitrogens with one attached hydrogen (secondary N) is 2. The van der Waals surface area contributed by atoms with Crippen LogP contribution in [0.15, 0.2) is 11.3 Å². The highest BCUT2D eigenvalue weighted by Gasteiger charge is 2.34. The van der Waals surface area contributed by atoms with E-state index in [1.54, 1.807) is 6.33 Å². The summed E-state index contributed by atoms with van der Waals surface area (Å²) < 4.78 is 2.02. The molecule has 0 amide bonds. The minimum Gasteiger partial charge on any atom is -0.357 e. The molecule has 2 rings (SSSR count). The first-order valence-electron chi connectivity index (χ1n) is 8.12. The quantitative estimate of drug-likeness (QED) is 0.595. The van der Waals surface area contributed by atoms with Crippen LogP contribution in [-0.2, 0) is 13.1 Å². The van der Waals surface area contributed by atoms with E-state index < -0.39 is 0 Å². The van der Waals surface area contributed by atoms with Crippen LogP contribution in [0.3, 0.4) is 0 Å². The highest BCUT2D eigenvalue weighted by atomic mass is 15.3. The van der Waals surface area contributed by atoms with E-state index in [2.05, 4.69) is 46.6 Å². The summed E-state index contributed by atoms with van der Waals surface area (Å²) >= 11 is 0. The lowest BCUT2D eigenvalue weighted by molar-refractivity contribution is 0.131. The molecule has 118 valence electrons. The van der Waals surface area contributed by atoms with Gasteiger partial charge >= 0.3 is 0 Å². The Bertz CT molecular complexity index is 455. The maximum atomic E-state index is 4.63. The van der Waals surface area contributed by atoms with E-state index in [-0.39, 0.29) is 0 Å². The van der Waals surface area contributed by atoms with Crippen molar-refractivity contribution < 1.29 is 0 Å². The maximum absolute atomic E-state index is 4.63. The summed E-state index contributed by atoms with van der Waals surface area (Å²) in [6, 6.07) is 0. The molecule has 0 spiro atoms. The van der Waals surface area contributed by atoms with Crippen LogP contribution >= 0.6 is 0 Å². The highest BCUT2D eigenvalue weighted by molar-refractivity contribution is 5.79. The Kier molecular flexibility index (Phi) is 5.59. The maximum Gasteiger partial charge on any atom is 0.191 e. The van der Waals surface area contributed by atoms with Crippen molar-refractivity contribution in [3.63, 3.8) is 0 Å². The van der Waals surface area contributed by atoms with E-state index in [9.17, 15) is 0 Å². The summed E-state index contributed by atoms with van der Waals surface area (Å²) in [5.74, 6) is 1.78. The molecule has 1 fully saturated rings. The molecular weight excluding hydrogens is 264 g/mol. The molecule has 1 aromatic rings. The van der Waals surface area contributed by atoms with Crippen molar-refractivity contribution in [3.05, 3.63) is 12.2 Å². The summed E-state index contributed by atoms with van der Waals surface area (Å²) in [6.07, 6.45) is 7.03. The fourth-order valence-corrected chi connectivity index (χ4v) is 2.76. The lowest BCUT2D eigenvalue weighted by Crippen LogP contribution is -2.46. The summed E-state index contributed by atoms with van der Waals surface area (Å²) in [5, 5.41) is 14.9. The summed E-state index contributed by atoms with van der Waals surface area (Å²) in [4.78, 5) is 4.63. The fourth-order valence-electron chi connectivity index (χ4n) is 2.76. The lowest BCUT2D eigenvalue weighted by atomic mass is 9.67. The topological polar surface area (TPSA) is 67.1 Å². The Hall–Kier alpha value is -1.59. The number of rotatable bonds is 7. The van der Waals surface area contributed by atoms with Crippen molar-refractivity contribution in [2.75, 3.05) is 13.1 Å². The standard InChI is InChI=1S/C15H28N6/c1-4-15(8-7-9-15)11-18-14(16-5-2)17-10-13-20-19-12-21(13)6-3/h12H,4-11H2,1-3H3,(H2,16,17,18). The third-order valence-electron chi connectivity index (χ3n) is 4.55. The molecule has 1 aliphatic carbocycles. The van der Waals surface area contributed by atoms with Gasteiger partial charge in [0.25, 0.3) is 0 Å². The zero-order valence-corrected chi connectivity index (χ0v) is 13.5. The monoisotopic (exact) mass is 292 g/mol. The third-order valence-corrected chi connectivity index (χ3v) is 4.55. The summed E-state index contributed by atoms with van der Waals surface area (Å²) in [5.41, 5.74) is 0.486. The van der Waals surface area contributed by atoms with E-state index in [0.29, 0.717) is 12.0 Å². The molecule has 1 aromatic heterocycles. The molecule has 0 saturated heterocycles. The second-order valence-electron chi connectivity index (χ2n) is 5.79. The number of nitrogens with zero attached hydrogens (tertiary/aromatic N) is 4. The van der Waals surface area contributed by atoms with Crippen molar-refractivity contribution in [3.8, 4) is 0 Å². The highest BCUT2D eigenvalue weighted by Crippen LogP contribution is 2.42. The second kappa shape index (κ2) is 7.43. The van der Waals surface area contributed by atoms with Gasteiger partial charge in [-0.1, -0.05) is 13.3 Å². The van der Waals surface area contributed by atoms with Gasteiger partial charge in [-0.3, -0.25) is 0 Å². The zero-order valence-electron chi connectivity index (χ0n) is 13.5. The van der Waals surface area contributed by atoms with Crippen LogP contribution in [-0.4, -0.2) is 33.8 Å². The molecule has 1 aliphatic rings. The van der Waals surface area contributed by atoms with Gasteiger partial charge in [-0.2, -0.15) is 0 Å². The number of hydrogen-bond acceptors (Lipinski definition) is 3. The molecular formula is C15H28N6. The Balaban J connectivity index is 1.92. The van der Waals surface area contributed by atoms with Gasteiger partial charge < -0.3 is 15.2 Å². The summed E-state index contributed by atoms with van der Waals surface area (Å²) in [7, 11) is 0. The van der Waals surface area contributed by atoms with Gasteiger partial charge in [-0.15, -0.1) is 10.2 Å². The smallest absolute Gasteiger partial charge is 0.191 e. The molecule has 1 saturated carbocycles. The summed E-state index contributed by atoms with van der Waals surface area (Å²) in [6.45, 7) is 9.77. The molecule has 6 nitrogen and oxygen atoms in total. The van der Waals surface area contributed by atoms with E-state index in [1.165, 1.54) is 25.7 Å². The van der Waals surface area contributed by atoms with E-state index >= 15 is 0 Å². The zero-order chi connectivity index (χ0) is 15.1. The van der Waals surface area contributed by atoms with Gasteiger partial charge in [0.2, 0.25) is 0 Å². The number of guanidine groups is 1. The van der Waals surface area contributed by atoms with Gasteiger partial charge in [-0.05, 0) is 38.5 Å². The van der Waals surface area contributed by atoms with E-state index in [4.69, 9.17) is 0 Å². The lowest BCUT2D eigenvalue weighted by Gasteiger charge is -2.41. The number of aromatic nitrogens is 3. The molecule has 0 aliphatic heterocycles. The average molecular weight is 292 g/mol. The molecule has 0 unspecified atom stereocenters. The van der Waals surface area contributed by atoms with Crippen LogP contribution in [0.1, 0.15) is 52.3 Å². The minimum absolute atomic E-state index is 0.486. The van der Waals surface area contributed by atoms with Crippen LogP contribution < -0.4 is 10.6 Å². The van der Waals surface area contributed by atoms with Crippen LogP contribution in [0.5, 0.6) is 0 Å². The van der Waals surface area contributed by atoms with Crippen molar-refractivity contribution in [1.29, 1.82) is 0 Å². The van der Waals surface area contributed by atoms with Crippen LogP contribution in [0.2, 0.25) is 0 Å². The first-order chi connectivity index (χ1) is 10.2. The van der Waals surface area contributed by atoms with Crippen molar-refractivity contribution in [2.24, 2.45) is 10.4 Å². The first-order valence-corrected chi connectivity index (χ1v) is 8.12. The third kappa shape index (κ3) is 3.95. The molecule has 0 bridgehead atoms. The molecule has 0 atom stereocenters. The predicted molar refractivity (Wildman–Crippen MR) is 85.1 cm³/mol. The Morgan fingerprint density at radius 3 is 2.71 bits per heavy atom. The van der Waals surface area contributed by atoms with E-state index in [1.807, 2.05) is 4.57 Å². The van der Waals surface area contributed by atoms with Crippen LogP contribution in [0, 0.1) is 5.41 Å². The molecule has 0 radical (unpaired) electrons. The second-order valence-corrected chi connectivity index (χ2v) is 5.79. The number of aliphatic imine (C=N–C) groups is 1. The average Bonchev–Trinajstić information content (AvgIpc) is 2.91. The fraction of sp³-hybridized carbons (Fsp3) is 0.800. The molecule has 1 heterocycles. The largest absolute Gasteiger partial charge is 0.357 e. The van der Waals surface area contributed by atoms with Crippen molar-refractivity contribution in [1.82, 2.24) is 25.4 Å². The predicted octanol–water partition coefficient (Wildman–Crippen LogP) is 1.93. The normalized spacial score (nSPS) is 17.4. The van der Waals surface area contributed by atoms with Gasteiger partial charge in [0.15, 0.2) is 11.8 Å². The Labute approximate surface area is 127 Å². The van der Waals surface area contributed by atoms with Crippen LogP contribution in [0.25, 0.3) is 0 Å².